The van der Waals surface area contributed by atoms with Crippen LogP contribution in [-0.2, 0) is 26.1 Å². The molecule has 11 heteroatoms. The second-order valence-electron chi connectivity index (χ2n) is 5.82. The van der Waals surface area contributed by atoms with Crippen molar-refractivity contribution in [1.29, 1.82) is 0 Å². The van der Waals surface area contributed by atoms with Gasteiger partial charge in [-0.25, -0.2) is 8.42 Å². The first-order chi connectivity index (χ1) is 13.7. The molecule has 0 aromatic heterocycles. The molecule has 0 amide bonds. The second kappa shape index (κ2) is 9.34. The third kappa shape index (κ3) is 5.42. The van der Waals surface area contributed by atoms with Gasteiger partial charge in [0, 0.05) is 24.7 Å². The van der Waals surface area contributed by atoms with Gasteiger partial charge in [-0.15, -0.1) is 0 Å². The monoisotopic (exact) mass is 424 g/mol. The Kier molecular flexibility index (Phi) is 7.13. The first-order valence-electron chi connectivity index (χ1n) is 8.24. The van der Waals surface area contributed by atoms with Crippen molar-refractivity contribution in [2.24, 2.45) is 0 Å². The number of nitrogens with zero attached hydrogens (tertiary/aromatic N) is 2. The fraction of sp³-hybridized carbons (Fsp3) is 0.278. The van der Waals surface area contributed by atoms with E-state index in [9.17, 15) is 23.3 Å². The molecule has 0 radical (unpaired) electrons. The number of rotatable bonds is 9. The van der Waals surface area contributed by atoms with E-state index < -0.39 is 27.5 Å². The van der Waals surface area contributed by atoms with Gasteiger partial charge in [-0.3, -0.25) is 14.9 Å². The van der Waals surface area contributed by atoms with Crippen molar-refractivity contribution in [2.45, 2.75) is 11.4 Å². The summed E-state index contributed by atoms with van der Waals surface area (Å²) in [6, 6.07) is 9.23. The van der Waals surface area contributed by atoms with E-state index in [0.717, 1.165) is 35.7 Å². The minimum atomic E-state index is -4.16. The number of methoxy groups -OCH3 is 3. The van der Waals surface area contributed by atoms with Gasteiger partial charge in [0.2, 0.25) is 10.0 Å². The van der Waals surface area contributed by atoms with Gasteiger partial charge in [0.1, 0.15) is 18.0 Å². The summed E-state index contributed by atoms with van der Waals surface area (Å²) in [5.41, 5.74) is 0.261. The van der Waals surface area contributed by atoms with Gasteiger partial charge < -0.3 is 14.2 Å². The summed E-state index contributed by atoms with van der Waals surface area (Å²) in [4.78, 5) is 21.8. The molecule has 0 saturated heterocycles. The van der Waals surface area contributed by atoms with E-state index in [2.05, 4.69) is 4.74 Å². The molecule has 0 fully saturated rings. The minimum Gasteiger partial charge on any atom is -0.497 e. The van der Waals surface area contributed by atoms with E-state index >= 15 is 0 Å². The first kappa shape index (κ1) is 22.1. The highest BCUT2D eigenvalue weighted by molar-refractivity contribution is 7.89. The van der Waals surface area contributed by atoms with Crippen LogP contribution in [0.2, 0.25) is 0 Å². The predicted octanol–water partition coefficient (Wildman–Crippen LogP) is 1.98. The standard InChI is InChI=1S/C18H20N2O8S/c1-26-15-8-13(9-16(10-15)27-2)11-19(12-18(21)28-3)29(24,25)17-6-4-14(5-7-17)20(22)23/h4-10H,11-12H2,1-3H3. The Hall–Kier alpha value is -3.18. The lowest BCUT2D eigenvalue weighted by atomic mass is 10.2. The van der Waals surface area contributed by atoms with Gasteiger partial charge in [-0.2, -0.15) is 4.31 Å². The molecular weight excluding hydrogens is 404 g/mol. The molecule has 2 rings (SSSR count). The highest BCUT2D eigenvalue weighted by Gasteiger charge is 2.28. The Morgan fingerprint density at radius 3 is 2.03 bits per heavy atom. The molecule has 0 saturated carbocycles. The van der Waals surface area contributed by atoms with Crippen molar-refractivity contribution >= 4 is 21.7 Å². The molecule has 0 heterocycles. The van der Waals surface area contributed by atoms with E-state index in [1.807, 2.05) is 0 Å². The summed E-state index contributed by atoms with van der Waals surface area (Å²) in [7, 11) is -0.0979. The van der Waals surface area contributed by atoms with Crippen molar-refractivity contribution in [3.05, 3.63) is 58.1 Å². The maximum atomic E-state index is 13.1. The van der Waals surface area contributed by atoms with Crippen molar-refractivity contribution in [3.63, 3.8) is 0 Å². The van der Waals surface area contributed by atoms with Crippen LogP contribution in [0, 0.1) is 10.1 Å². The van der Waals surface area contributed by atoms with Gasteiger partial charge in [-0.05, 0) is 29.8 Å². The average molecular weight is 424 g/mol. The van der Waals surface area contributed by atoms with Gasteiger partial charge in [0.15, 0.2) is 0 Å². The number of benzene rings is 2. The quantitative estimate of drug-likeness (QED) is 0.340. The zero-order valence-corrected chi connectivity index (χ0v) is 16.8. The highest BCUT2D eigenvalue weighted by atomic mass is 32.2. The van der Waals surface area contributed by atoms with E-state index in [1.54, 1.807) is 18.2 Å². The molecule has 0 unspecified atom stereocenters. The zero-order valence-electron chi connectivity index (χ0n) is 16.0. The number of esters is 1. The molecule has 0 aliphatic carbocycles. The molecule has 0 spiro atoms. The lowest BCUT2D eigenvalue weighted by Crippen LogP contribution is -2.35. The number of hydrogen-bond donors (Lipinski definition) is 0. The molecule has 0 atom stereocenters. The SMILES string of the molecule is COC(=O)CN(Cc1cc(OC)cc(OC)c1)S(=O)(=O)c1ccc([N+](=O)[O-])cc1. The Bertz CT molecular complexity index is 967. The number of nitro groups is 1. The fourth-order valence-corrected chi connectivity index (χ4v) is 3.86. The highest BCUT2D eigenvalue weighted by Crippen LogP contribution is 2.26. The fourth-order valence-electron chi connectivity index (χ4n) is 2.48. The van der Waals surface area contributed by atoms with Crippen LogP contribution in [0.25, 0.3) is 0 Å². The minimum absolute atomic E-state index is 0.179. The molecule has 0 aliphatic heterocycles. The van der Waals surface area contributed by atoms with E-state index in [1.165, 1.54) is 14.2 Å². The molecule has 2 aromatic carbocycles. The van der Waals surface area contributed by atoms with Crippen LogP contribution in [0.15, 0.2) is 47.4 Å². The van der Waals surface area contributed by atoms with Crippen LogP contribution in [0.3, 0.4) is 0 Å². The van der Waals surface area contributed by atoms with Crippen LogP contribution in [0.5, 0.6) is 11.5 Å². The third-order valence-electron chi connectivity index (χ3n) is 3.99. The summed E-state index contributed by atoms with van der Waals surface area (Å²) < 4.78 is 42.0. The van der Waals surface area contributed by atoms with Gasteiger partial charge in [-0.1, -0.05) is 0 Å². The number of ether oxygens (including phenoxy) is 3. The van der Waals surface area contributed by atoms with Crippen molar-refractivity contribution in [1.82, 2.24) is 4.31 Å². The maximum Gasteiger partial charge on any atom is 0.321 e. The number of sulfonamides is 1. The van der Waals surface area contributed by atoms with Crippen LogP contribution in [0.4, 0.5) is 5.69 Å². The molecule has 10 nitrogen and oxygen atoms in total. The molecule has 0 aliphatic rings. The number of carbonyl (C=O) groups excluding carboxylic acids is 1. The molecule has 0 bridgehead atoms. The number of non-ortho nitro benzene ring substituents is 1. The number of carbonyl (C=O) groups is 1. The Balaban J connectivity index is 2.44. The van der Waals surface area contributed by atoms with E-state index in [0.29, 0.717) is 17.1 Å². The summed E-state index contributed by atoms with van der Waals surface area (Å²) in [6.45, 7) is -0.725. The van der Waals surface area contributed by atoms with Crippen LogP contribution in [-0.4, -0.2) is 51.5 Å². The van der Waals surface area contributed by atoms with Crippen molar-refractivity contribution in [3.8, 4) is 11.5 Å². The van der Waals surface area contributed by atoms with Gasteiger partial charge >= 0.3 is 5.97 Å². The molecule has 156 valence electrons. The number of nitro benzene ring substituents is 1. The van der Waals surface area contributed by atoms with Gasteiger partial charge in [0.25, 0.3) is 5.69 Å². The normalized spacial score (nSPS) is 11.2. The van der Waals surface area contributed by atoms with Crippen LogP contribution in [0.1, 0.15) is 5.56 Å². The topological polar surface area (TPSA) is 125 Å². The lowest BCUT2D eigenvalue weighted by Gasteiger charge is -2.21. The molecule has 0 N–H and O–H groups in total. The summed E-state index contributed by atoms with van der Waals surface area (Å²) >= 11 is 0. The largest absolute Gasteiger partial charge is 0.497 e. The first-order valence-corrected chi connectivity index (χ1v) is 9.68. The summed E-state index contributed by atoms with van der Waals surface area (Å²) in [5.74, 6) is 0.139. The van der Waals surface area contributed by atoms with Crippen LogP contribution >= 0.6 is 0 Å². The zero-order chi connectivity index (χ0) is 21.6. The number of hydrogen-bond acceptors (Lipinski definition) is 8. The average Bonchev–Trinajstić information content (AvgIpc) is 2.72. The predicted molar refractivity (Wildman–Crippen MR) is 102 cm³/mol. The molecule has 2 aromatic rings. The summed E-state index contributed by atoms with van der Waals surface area (Å²) in [6.07, 6.45) is 0. The van der Waals surface area contributed by atoms with Crippen molar-refractivity contribution in [2.75, 3.05) is 27.9 Å². The van der Waals surface area contributed by atoms with Crippen LogP contribution < -0.4 is 9.47 Å². The third-order valence-corrected chi connectivity index (χ3v) is 5.79. The maximum absolute atomic E-state index is 13.1. The summed E-state index contributed by atoms with van der Waals surface area (Å²) in [5, 5.41) is 10.8. The van der Waals surface area contributed by atoms with E-state index in [-0.39, 0.29) is 17.1 Å². The molecule has 29 heavy (non-hydrogen) atoms. The Labute approximate surface area is 167 Å². The van der Waals surface area contributed by atoms with Gasteiger partial charge in [0.05, 0.1) is 31.1 Å². The Morgan fingerprint density at radius 2 is 1.59 bits per heavy atom. The smallest absolute Gasteiger partial charge is 0.321 e. The lowest BCUT2D eigenvalue weighted by molar-refractivity contribution is -0.384. The molecular formula is C18H20N2O8S. The van der Waals surface area contributed by atoms with E-state index in [4.69, 9.17) is 9.47 Å². The Morgan fingerprint density at radius 1 is 1.03 bits per heavy atom. The van der Waals surface area contributed by atoms with Crippen molar-refractivity contribution < 1.29 is 32.3 Å². The second-order valence-corrected chi connectivity index (χ2v) is 7.76.